The van der Waals surface area contributed by atoms with Gasteiger partial charge >= 0.3 is 0 Å². The monoisotopic (exact) mass is 408 g/mol. The van der Waals surface area contributed by atoms with E-state index in [0.717, 1.165) is 22.6 Å². The number of nitrogens with two attached hydrogens (primary N) is 1. The third-order valence-electron chi connectivity index (χ3n) is 4.80. The number of rotatable bonds is 8. The van der Waals surface area contributed by atoms with Gasteiger partial charge in [-0.2, -0.15) is 5.10 Å². The zero-order chi connectivity index (χ0) is 21.5. The highest BCUT2D eigenvalue weighted by molar-refractivity contribution is 6.03. The number of primary amides is 1. The average molecular weight is 408 g/mol. The predicted octanol–water partition coefficient (Wildman–Crippen LogP) is 1.75. The van der Waals surface area contributed by atoms with Crippen LogP contribution in [0.4, 0.5) is 0 Å². The van der Waals surface area contributed by atoms with E-state index in [4.69, 9.17) is 10.5 Å². The summed E-state index contributed by atoms with van der Waals surface area (Å²) in [5.74, 6) is -0.582. The molecule has 156 valence electrons. The molecule has 0 aromatic heterocycles. The minimum absolute atomic E-state index is 0.0250. The summed E-state index contributed by atoms with van der Waals surface area (Å²) < 4.78 is 5.21. The molecule has 0 spiro atoms. The third kappa shape index (κ3) is 5.22. The molecule has 1 aliphatic rings. The van der Waals surface area contributed by atoms with Gasteiger partial charge in [-0.25, -0.2) is 5.01 Å². The zero-order valence-electron chi connectivity index (χ0n) is 16.7. The maximum Gasteiger partial charge on any atom is 0.243 e. The molecule has 8 nitrogen and oxygen atoms in total. The highest BCUT2D eigenvalue weighted by Crippen LogP contribution is 2.34. The van der Waals surface area contributed by atoms with Crippen molar-refractivity contribution in [1.29, 1.82) is 0 Å². The molecule has 2 aromatic rings. The van der Waals surface area contributed by atoms with Crippen molar-refractivity contribution in [2.45, 2.75) is 25.3 Å². The van der Waals surface area contributed by atoms with Crippen molar-refractivity contribution in [3.63, 3.8) is 0 Å². The maximum atomic E-state index is 12.9. The number of hydrazone groups is 1. The van der Waals surface area contributed by atoms with Gasteiger partial charge < -0.3 is 15.8 Å². The number of ether oxygens (including phenoxy) is 1. The van der Waals surface area contributed by atoms with Gasteiger partial charge in [0, 0.05) is 19.3 Å². The zero-order valence-corrected chi connectivity index (χ0v) is 16.7. The molecule has 1 atom stereocenters. The lowest BCUT2D eigenvalue weighted by atomic mass is 9.98. The molecular formula is C22H24N4O4. The fraction of sp³-hybridized carbons (Fsp3) is 0.273. The summed E-state index contributed by atoms with van der Waals surface area (Å²) in [5.41, 5.74) is 7.70. The standard InChI is InChI=1S/C22H24N4O4/c1-30-17-9-7-16(8-10-17)19-13-18(15-5-3-2-4-6-15)25-26(19)22(29)12-11-21(28)24-14-20(23)27/h2-10,19H,11-14H2,1H3,(H2,23,27)(H,24,28)/t19-/m1/s1. The molecule has 8 heteroatoms. The van der Waals surface area contributed by atoms with Gasteiger partial charge in [0.05, 0.1) is 25.4 Å². The predicted molar refractivity (Wildman–Crippen MR) is 112 cm³/mol. The molecule has 30 heavy (non-hydrogen) atoms. The van der Waals surface area contributed by atoms with Gasteiger partial charge in [0.25, 0.3) is 0 Å². The number of benzene rings is 2. The second-order valence-corrected chi connectivity index (χ2v) is 6.89. The van der Waals surface area contributed by atoms with Crippen LogP contribution in [0.1, 0.15) is 36.4 Å². The van der Waals surface area contributed by atoms with E-state index in [1.165, 1.54) is 5.01 Å². The van der Waals surface area contributed by atoms with Crippen molar-refractivity contribution in [3.8, 4) is 5.75 Å². The van der Waals surface area contributed by atoms with Gasteiger partial charge in [0.1, 0.15) is 5.75 Å². The molecule has 2 aromatic carbocycles. The van der Waals surface area contributed by atoms with E-state index < -0.39 is 11.8 Å². The number of amides is 3. The van der Waals surface area contributed by atoms with Crippen LogP contribution in [-0.4, -0.2) is 42.1 Å². The van der Waals surface area contributed by atoms with E-state index >= 15 is 0 Å². The summed E-state index contributed by atoms with van der Waals surface area (Å²) in [6.45, 7) is -0.248. The van der Waals surface area contributed by atoms with Crippen LogP contribution in [0.25, 0.3) is 0 Å². The van der Waals surface area contributed by atoms with Crippen LogP contribution in [0.5, 0.6) is 5.75 Å². The Balaban J connectivity index is 1.76. The third-order valence-corrected chi connectivity index (χ3v) is 4.80. The number of nitrogens with one attached hydrogen (secondary N) is 1. The summed E-state index contributed by atoms with van der Waals surface area (Å²) in [5, 5.41) is 8.41. The molecular weight excluding hydrogens is 384 g/mol. The van der Waals surface area contributed by atoms with E-state index in [2.05, 4.69) is 10.4 Å². The molecule has 0 bridgehead atoms. The van der Waals surface area contributed by atoms with Gasteiger partial charge in [-0.05, 0) is 23.3 Å². The minimum Gasteiger partial charge on any atom is -0.497 e. The Morgan fingerprint density at radius 1 is 1.10 bits per heavy atom. The van der Waals surface area contributed by atoms with E-state index in [1.807, 2.05) is 54.6 Å². The van der Waals surface area contributed by atoms with Crippen LogP contribution in [0.15, 0.2) is 59.7 Å². The van der Waals surface area contributed by atoms with Crippen molar-refractivity contribution >= 4 is 23.4 Å². The first-order valence-corrected chi connectivity index (χ1v) is 9.62. The van der Waals surface area contributed by atoms with Crippen LogP contribution in [-0.2, 0) is 14.4 Å². The van der Waals surface area contributed by atoms with Crippen LogP contribution < -0.4 is 15.8 Å². The summed E-state index contributed by atoms with van der Waals surface area (Å²) in [6, 6.07) is 16.9. The van der Waals surface area contributed by atoms with Crippen LogP contribution in [0, 0.1) is 0 Å². The molecule has 3 N–H and O–H groups in total. The molecule has 0 saturated carbocycles. The topological polar surface area (TPSA) is 114 Å². The van der Waals surface area contributed by atoms with Gasteiger partial charge in [-0.3, -0.25) is 14.4 Å². The SMILES string of the molecule is COc1ccc([C@H]2CC(c3ccccc3)=NN2C(=O)CCC(=O)NCC(N)=O)cc1. The number of hydrogen-bond donors (Lipinski definition) is 2. The van der Waals surface area contributed by atoms with Crippen molar-refractivity contribution in [2.75, 3.05) is 13.7 Å². The van der Waals surface area contributed by atoms with Crippen molar-refractivity contribution in [2.24, 2.45) is 10.8 Å². The summed E-state index contributed by atoms with van der Waals surface area (Å²) >= 11 is 0. The Morgan fingerprint density at radius 2 is 1.80 bits per heavy atom. The number of carbonyl (C=O) groups excluding carboxylic acids is 3. The molecule has 3 rings (SSSR count). The lowest BCUT2D eigenvalue weighted by molar-refractivity contribution is -0.135. The molecule has 3 amide bonds. The Bertz CT molecular complexity index is 941. The number of carbonyl (C=O) groups is 3. The van der Waals surface area contributed by atoms with Crippen molar-refractivity contribution in [1.82, 2.24) is 10.3 Å². The normalized spacial score (nSPS) is 15.4. The molecule has 0 saturated heterocycles. The summed E-state index contributed by atoms with van der Waals surface area (Å²) in [7, 11) is 1.60. The molecule has 0 unspecified atom stereocenters. The molecule has 0 aliphatic carbocycles. The molecule has 0 fully saturated rings. The van der Waals surface area contributed by atoms with E-state index in [9.17, 15) is 14.4 Å². The first kappa shape index (κ1) is 21.0. The first-order chi connectivity index (χ1) is 14.5. The lowest BCUT2D eigenvalue weighted by Crippen LogP contribution is -2.34. The minimum atomic E-state index is -0.633. The summed E-state index contributed by atoms with van der Waals surface area (Å²) in [6.07, 6.45) is 0.493. The Kier molecular flexibility index (Phi) is 6.79. The van der Waals surface area contributed by atoms with Crippen molar-refractivity contribution < 1.29 is 19.1 Å². The largest absolute Gasteiger partial charge is 0.497 e. The van der Waals surface area contributed by atoms with Gasteiger partial charge in [0.15, 0.2) is 0 Å². The van der Waals surface area contributed by atoms with E-state index in [0.29, 0.717) is 6.42 Å². The van der Waals surface area contributed by atoms with Gasteiger partial charge in [-0.15, -0.1) is 0 Å². The second-order valence-electron chi connectivity index (χ2n) is 6.89. The molecule has 1 heterocycles. The molecule has 0 radical (unpaired) electrons. The molecule has 1 aliphatic heterocycles. The highest BCUT2D eigenvalue weighted by atomic mass is 16.5. The van der Waals surface area contributed by atoms with Gasteiger partial charge in [0.2, 0.25) is 17.7 Å². The number of nitrogens with zero attached hydrogens (tertiary/aromatic N) is 2. The summed E-state index contributed by atoms with van der Waals surface area (Å²) in [4.78, 5) is 35.5. The fourth-order valence-electron chi connectivity index (χ4n) is 3.24. The number of hydrogen-bond acceptors (Lipinski definition) is 5. The highest BCUT2D eigenvalue weighted by Gasteiger charge is 2.33. The lowest BCUT2D eigenvalue weighted by Gasteiger charge is -2.22. The smallest absolute Gasteiger partial charge is 0.243 e. The maximum absolute atomic E-state index is 12.9. The van der Waals surface area contributed by atoms with Crippen molar-refractivity contribution in [3.05, 3.63) is 65.7 Å². The van der Waals surface area contributed by atoms with E-state index in [-0.39, 0.29) is 31.3 Å². The number of methoxy groups -OCH3 is 1. The Hall–Kier alpha value is -3.68. The Labute approximate surface area is 174 Å². The van der Waals surface area contributed by atoms with Crippen LogP contribution in [0.3, 0.4) is 0 Å². The van der Waals surface area contributed by atoms with Crippen LogP contribution in [0.2, 0.25) is 0 Å². The van der Waals surface area contributed by atoms with Gasteiger partial charge in [-0.1, -0.05) is 42.5 Å². The fourth-order valence-corrected chi connectivity index (χ4v) is 3.24. The first-order valence-electron chi connectivity index (χ1n) is 9.62. The second kappa shape index (κ2) is 9.69. The average Bonchev–Trinajstić information content (AvgIpc) is 3.22. The van der Waals surface area contributed by atoms with Crippen LogP contribution >= 0.6 is 0 Å². The quantitative estimate of drug-likeness (QED) is 0.693. The van der Waals surface area contributed by atoms with E-state index in [1.54, 1.807) is 7.11 Å². The Morgan fingerprint density at radius 3 is 2.43 bits per heavy atom.